The summed E-state index contributed by atoms with van der Waals surface area (Å²) in [7, 11) is 0. The molecule has 150 valence electrons. The quantitative estimate of drug-likeness (QED) is 0.308. The van der Waals surface area contributed by atoms with Crippen LogP contribution in [-0.4, -0.2) is 17.6 Å². The van der Waals surface area contributed by atoms with Crippen LogP contribution in [0.5, 0.6) is 0 Å². The third kappa shape index (κ3) is 8.98. The van der Waals surface area contributed by atoms with Crippen molar-refractivity contribution in [1.29, 1.82) is 0 Å². The summed E-state index contributed by atoms with van der Waals surface area (Å²) >= 11 is 0. The first kappa shape index (κ1) is 21.3. The Morgan fingerprint density at radius 1 is 0.852 bits per heavy atom. The summed E-state index contributed by atoms with van der Waals surface area (Å²) in [4.78, 5) is 15.1. The van der Waals surface area contributed by atoms with Crippen molar-refractivity contribution in [2.45, 2.75) is 84.0 Å². The molecule has 2 amide bonds. The molecule has 0 unspecified atom stereocenters. The zero-order valence-corrected chi connectivity index (χ0v) is 17.0. The maximum Gasteiger partial charge on any atom is 0.319 e. The van der Waals surface area contributed by atoms with Gasteiger partial charge < -0.3 is 15.6 Å². The van der Waals surface area contributed by atoms with Crippen molar-refractivity contribution in [3.63, 3.8) is 0 Å². The van der Waals surface area contributed by atoms with Crippen molar-refractivity contribution in [3.8, 4) is 0 Å². The van der Waals surface area contributed by atoms with Gasteiger partial charge >= 0.3 is 6.03 Å². The summed E-state index contributed by atoms with van der Waals surface area (Å²) in [6.45, 7) is 3.01. The molecule has 4 heteroatoms. The van der Waals surface area contributed by atoms with E-state index in [0.29, 0.717) is 0 Å². The van der Waals surface area contributed by atoms with Crippen molar-refractivity contribution < 1.29 is 4.79 Å². The van der Waals surface area contributed by atoms with Crippen molar-refractivity contribution >= 4 is 22.6 Å². The first-order valence-corrected chi connectivity index (χ1v) is 10.9. The Morgan fingerprint density at radius 2 is 1.48 bits per heavy atom. The van der Waals surface area contributed by atoms with E-state index in [0.717, 1.165) is 29.6 Å². The highest BCUT2D eigenvalue weighted by atomic mass is 16.2. The van der Waals surface area contributed by atoms with E-state index < -0.39 is 0 Å². The highest BCUT2D eigenvalue weighted by Crippen LogP contribution is 2.17. The SMILES string of the molecule is CCCCCCCCCCCCCCNC(=O)Nc1ccc2cc[nH]c2c1. The Bertz CT molecular complexity index is 650. The van der Waals surface area contributed by atoms with Crippen LogP contribution in [0.4, 0.5) is 10.5 Å². The fourth-order valence-corrected chi connectivity index (χ4v) is 3.47. The van der Waals surface area contributed by atoms with Crippen LogP contribution < -0.4 is 10.6 Å². The number of H-pyrrole nitrogens is 1. The van der Waals surface area contributed by atoms with Gasteiger partial charge in [-0.1, -0.05) is 83.6 Å². The smallest absolute Gasteiger partial charge is 0.319 e. The van der Waals surface area contributed by atoms with Crippen LogP contribution in [0.15, 0.2) is 30.5 Å². The van der Waals surface area contributed by atoms with Gasteiger partial charge in [0.25, 0.3) is 0 Å². The molecule has 0 saturated heterocycles. The summed E-state index contributed by atoms with van der Waals surface area (Å²) in [6.07, 6.45) is 17.9. The summed E-state index contributed by atoms with van der Waals surface area (Å²) in [5, 5.41) is 7.00. The number of hydrogen-bond donors (Lipinski definition) is 3. The molecule has 1 aromatic carbocycles. The van der Waals surface area contributed by atoms with Gasteiger partial charge in [0.05, 0.1) is 0 Å². The standard InChI is InChI=1S/C23H37N3O/c1-2-3-4-5-6-7-8-9-10-11-12-13-17-25-23(27)26-21-15-14-20-16-18-24-22(20)19-21/h14-16,18-19,24H,2-13,17H2,1H3,(H2,25,26,27). The van der Waals surface area contributed by atoms with E-state index in [-0.39, 0.29) is 6.03 Å². The second kappa shape index (κ2) is 13.2. The highest BCUT2D eigenvalue weighted by Gasteiger charge is 2.02. The topological polar surface area (TPSA) is 56.9 Å². The normalized spacial score (nSPS) is 11.0. The maximum atomic E-state index is 12.0. The Kier molecular flexibility index (Phi) is 10.5. The van der Waals surface area contributed by atoms with Gasteiger partial charge in [-0.2, -0.15) is 0 Å². The van der Waals surface area contributed by atoms with E-state index in [1.165, 1.54) is 70.6 Å². The fourth-order valence-electron chi connectivity index (χ4n) is 3.47. The minimum atomic E-state index is -0.121. The van der Waals surface area contributed by atoms with E-state index in [4.69, 9.17) is 0 Å². The third-order valence-electron chi connectivity index (χ3n) is 5.13. The molecule has 27 heavy (non-hydrogen) atoms. The number of nitrogens with one attached hydrogen (secondary N) is 3. The minimum Gasteiger partial charge on any atom is -0.361 e. The maximum absolute atomic E-state index is 12.0. The van der Waals surface area contributed by atoms with Crippen LogP contribution in [-0.2, 0) is 0 Å². The van der Waals surface area contributed by atoms with E-state index in [2.05, 4.69) is 22.5 Å². The summed E-state index contributed by atoms with van der Waals surface area (Å²) in [5.74, 6) is 0. The van der Waals surface area contributed by atoms with Gasteiger partial charge in [0, 0.05) is 23.9 Å². The molecule has 0 saturated carbocycles. The molecular weight excluding hydrogens is 334 g/mol. The van der Waals surface area contributed by atoms with E-state index >= 15 is 0 Å². The van der Waals surface area contributed by atoms with E-state index in [1.807, 2.05) is 30.5 Å². The van der Waals surface area contributed by atoms with Crippen LogP contribution in [0, 0.1) is 0 Å². The monoisotopic (exact) mass is 371 g/mol. The van der Waals surface area contributed by atoms with Crippen molar-refractivity contribution in [1.82, 2.24) is 10.3 Å². The lowest BCUT2D eigenvalue weighted by Crippen LogP contribution is -2.29. The number of fused-ring (bicyclic) bond motifs is 1. The van der Waals surface area contributed by atoms with Gasteiger partial charge in [-0.15, -0.1) is 0 Å². The first-order valence-electron chi connectivity index (χ1n) is 10.9. The Labute approximate surface area is 164 Å². The lowest BCUT2D eigenvalue weighted by atomic mass is 10.1. The van der Waals surface area contributed by atoms with Gasteiger partial charge in [-0.3, -0.25) is 0 Å². The molecule has 3 N–H and O–H groups in total. The Morgan fingerprint density at radius 3 is 2.15 bits per heavy atom. The molecular formula is C23H37N3O. The number of carbonyl (C=O) groups excluding carboxylic acids is 1. The number of carbonyl (C=O) groups is 1. The number of unbranched alkanes of at least 4 members (excludes halogenated alkanes) is 11. The number of amides is 2. The number of hydrogen-bond acceptors (Lipinski definition) is 1. The van der Waals surface area contributed by atoms with Crippen molar-refractivity contribution in [3.05, 3.63) is 30.5 Å². The average molecular weight is 372 g/mol. The summed E-state index contributed by atoms with van der Waals surface area (Å²) in [5.41, 5.74) is 1.85. The van der Waals surface area contributed by atoms with Gasteiger partial charge in [0.2, 0.25) is 0 Å². The molecule has 2 rings (SSSR count). The fraction of sp³-hybridized carbons (Fsp3) is 0.609. The molecule has 0 spiro atoms. The van der Waals surface area contributed by atoms with Crippen LogP contribution in [0.25, 0.3) is 10.9 Å². The van der Waals surface area contributed by atoms with Gasteiger partial charge in [-0.25, -0.2) is 4.79 Å². The summed E-state index contributed by atoms with van der Waals surface area (Å²) in [6, 6.07) is 7.79. The molecule has 0 aliphatic heterocycles. The predicted octanol–water partition coefficient (Wildman–Crippen LogP) is 6.99. The Hall–Kier alpha value is -1.97. The molecule has 4 nitrogen and oxygen atoms in total. The molecule has 0 aliphatic carbocycles. The van der Waals surface area contributed by atoms with Crippen LogP contribution in [0.2, 0.25) is 0 Å². The third-order valence-corrected chi connectivity index (χ3v) is 5.13. The Balaban J connectivity index is 1.41. The number of aromatic nitrogens is 1. The lowest BCUT2D eigenvalue weighted by Gasteiger charge is -2.08. The zero-order valence-electron chi connectivity index (χ0n) is 17.0. The molecule has 0 bridgehead atoms. The van der Waals surface area contributed by atoms with Gasteiger partial charge in [0.1, 0.15) is 0 Å². The summed E-state index contributed by atoms with van der Waals surface area (Å²) < 4.78 is 0. The molecule has 1 aromatic heterocycles. The van der Waals surface area contributed by atoms with E-state index in [9.17, 15) is 4.79 Å². The molecule has 0 atom stereocenters. The van der Waals surface area contributed by atoms with Crippen molar-refractivity contribution in [2.24, 2.45) is 0 Å². The number of urea groups is 1. The van der Waals surface area contributed by atoms with Crippen LogP contribution >= 0.6 is 0 Å². The second-order valence-corrected chi connectivity index (χ2v) is 7.55. The highest BCUT2D eigenvalue weighted by molar-refractivity contribution is 5.92. The molecule has 0 fully saturated rings. The molecule has 0 radical (unpaired) electrons. The average Bonchev–Trinajstić information content (AvgIpc) is 3.13. The van der Waals surface area contributed by atoms with Gasteiger partial charge in [-0.05, 0) is 30.0 Å². The number of anilines is 1. The lowest BCUT2D eigenvalue weighted by molar-refractivity contribution is 0.252. The first-order chi connectivity index (χ1) is 13.3. The number of benzene rings is 1. The minimum absolute atomic E-state index is 0.121. The predicted molar refractivity (Wildman–Crippen MR) is 116 cm³/mol. The van der Waals surface area contributed by atoms with Crippen LogP contribution in [0.1, 0.15) is 84.0 Å². The zero-order chi connectivity index (χ0) is 19.2. The van der Waals surface area contributed by atoms with Gasteiger partial charge in [0.15, 0.2) is 0 Å². The number of rotatable bonds is 14. The second-order valence-electron chi connectivity index (χ2n) is 7.55. The molecule has 1 heterocycles. The van der Waals surface area contributed by atoms with Crippen molar-refractivity contribution in [2.75, 3.05) is 11.9 Å². The van der Waals surface area contributed by atoms with Crippen LogP contribution in [0.3, 0.4) is 0 Å². The van der Waals surface area contributed by atoms with E-state index in [1.54, 1.807) is 0 Å². The molecule has 0 aliphatic rings. The largest absolute Gasteiger partial charge is 0.361 e. The molecule has 2 aromatic rings. The number of aromatic amines is 1.